The molecule has 2 heterocycles. The van der Waals surface area contributed by atoms with Gasteiger partial charge in [0.15, 0.2) is 6.61 Å². The standard InChI is InChI=1S/C26H23N3O3/c1-3-18-9-6-8-17(2)25(18)29-24(30)16-32-26(31)21-14-23(19-10-7-13-27-15-19)28-22-12-5-4-11-20(21)22/h4-15H,3,16H2,1-2H3,(H,29,30). The molecule has 6 nitrogen and oxygen atoms in total. The van der Waals surface area contributed by atoms with Gasteiger partial charge in [0.2, 0.25) is 0 Å². The van der Waals surface area contributed by atoms with Crippen molar-refractivity contribution in [2.45, 2.75) is 20.3 Å². The van der Waals surface area contributed by atoms with Gasteiger partial charge in [-0.05, 0) is 48.7 Å². The van der Waals surface area contributed by atoms with Crippen LogP contribution in [0.2, 0.25) is 0 Å². The summed E-state index contributed by atoms with van der Waals surface area (Å²) in [5.41, 5.74) is 5.18. The Morgan fingerprint density at radius 1 is 1.03 bits per heavy atom. The van der Waals surface area contributed by atoms with Gasteiger partial charge in [0.05, 0.1) is 16.8 Å². The number of benzene rings is 2. The molecule has 0 aliphatic rings. The number of amides is 1. The molecule has 0 bridgehead atoms. The molecule has 0 atom stereocenters. The highest BCUT2D eigenvalue weighted by molar-refractivity contribution is 6.05. The van der Waals surface area contributed by atoms with Crippen LogP contribution < -0.4 is 5.32 Å². The summed E-state index contributed by atoms with van der Waals surface area (Å²) < 4.78 is 5.38. The number of carbonyl (C=O) groups is 2. The van der Waals surface area contributed by atoms with E-state index < -0.39 is 5.97 Å². The first kappa shape index (κ1) is 21.2. The van der Waals surface area contributed by atoms with Gasteiger partial charge in [-0.15, -0.1) is 0 Å². The van der Waals surface area contributed by atoms with Gasteiger partial charge in [0.25, 0.3) is 5.91 Å². The van der Waals surface area contributed by atoms with Crippen LogP contribution >= 0.6 is 0 Å². The van der Waals surface area contributed by atoms with E-state index in [4.69, 9.17) is 4.74 Å². The van der Waals surface area contributed by atoms with E-state index in [0.717, 1.165) is 28.8 Å². The first-order valence-electron chi connectivity index (χ1n) is 10.4. The number of esters is 1. The molecule has 4 rings (SSSR count). The van der Waals surface area contributed by atoms with Crippen molar-refractivity contribution in [2.75, 3.05) is 11.9 Å². The highest BCUT2D eigenvalue weighted by Gasteiger charge is 2.17. The second-order valence-corrected chi connectivity index (χ2v) is 7.40. The second-order valence-electron chi connectivity index (χ2n) is 7.40. The van der Waals surface area contributed by atoms with E-state index in [1.165, 1.54) is 0 Å². The number of para-hydroxylation sites is 2. The smallest absolute Gasteiger partial charge is 0.339 e. The van der Waals surface area contributed by atoms with Crippen LogP contribution in [0.5, 0.6) is 0 Å². The zero-order valence-electron chi connectivity index (χ0n) is 18.0. The van der Waals surface area contributed by atoms with E-state index in [2.05, 4.69) is 15.3 Å². The van der Waals surface area contributed by atoms with Gasteiger partial charge >= 0.3 is 5.97 Å². The van der Waals surface area contributed by atoms with Gasteiger partial charge < -0.3 is 10.1 Å². The SMILES string of the molecule is CCc1cccc(C)c1NC(=O)COC(=O)c1cc(-c2cccnc2)nc2ccccc12. The minimum atomic E-state index is -0.579. The fraction of sp³-hybridized carbons (Fsp3) is 0.154. The molecule has 1 N–H and O–H groups in total. The summed E-state index contributed by atoms with van der Waals surface area (Å²) in [7, 11) is 0. The maximum Gasteiger partial charge on any atom is 0.339 e. The lowest BCUT2D eigenvalue weighted by molar-refractivity contribution is -0.119. The molecule has 2 aromatic heterocycles. The van der Waals surface area contributed by atoms with Gasteiger partial charge in [-0.2, -0.15) is 0 Å². The molecule has 0 aliphatic carbocycles. The largest absolute Gasteiger partial charge is 0.452 e. The molecule has 0 fully saturated rings. The van der Waals surface area contributed by atoms with E-state index in [1.54, 1.807) is 18.5 Å². The first-order chi connectivity index (χ1) is 15.6. The number of carbonyl (C=O) groups excluding carboxylic acids is 2. The Morgan fingerprint density at radius 2 is 1.88 bits per heavy atom. The number of anilines is 1. The van der Waals surface area contributed by atoms with E-state index in [1.807, 2.05) is 68.4 Å². The number of hydrogen-bond donors (Lipinski definition) is 1. The highest BCUT2D eigenvalue weighted by Crippen LogP contribution is 2.25. The number of fused-ring (bicyclic) bond motifs is 1. The maximum absolute atomic E-state index is 12.9. The average Bonchev–Trinajstić information content (AvgIpc) is 2.83. The van der Waals surface area contributed by atoms with Crippen molar-refractivity contribution in [3.05, 3.63) is 89.7 Å². The fourth-order valence-electron chi connectivity index (χ4n) is 3.59. The van der Waals surface area contributed by atoms with Crippen molar-refractivity contribution in [1.29, 1.82) is 0 Å². The van der Waals surface area contributed by atoms with Gasteiger partial charge in [0.1, 0.15) is 0 Å². The zero-order chi connectivity index (χ0) is 22.5. The molecular formula is C26H23N3O3. The molecule has 0 spiro atoms. The Labute approximate surface area is 186 Å². The van der Waals surface area contributed by atoms with Crippen molar-refractivity contribution in [2.24, 2.45) is 0 Å². The minimum Gasteiger partial charge on any atom is -0.452 e. The Kier molecular flexibility index (Phi) is 6.22. The Morgan fingerprint density at radius 3 is 2.66 bits per heavy atom. The minimum absolute atomic E-state index is 0.354. The van der Waals surface area contributed by atoms with Crippen molar-refractivity contribution < 1.29 is 14.3 Å². The summed E-state index contributed by atoms with van der Waals surface area (Å²) in [6, 6.07) is 18.6. The van der Waals surface area contributed by atoms with E-state index in [-0.39, 0.29) is 12.5 Å². The number of nitrogens with one attached hydrogen (secondary N) is 1. The average molecular weight is 425 g/mol. The van der Waals surface area contributed by atoms with Gasteiger partial charge in [-0.25, -0.2) is 9.78 Å². The summed E-state index contributed by atoms with van der Waals surface area (Å²) >= 11 is 0. The van der Waals surface area contributed by atoms with E-state index in [9.17, 15) is 9.59 Å². The predicted molar refractivity (Wildman–Crippen MR) is 124 cm³/mol. The van der Waals surface area contributed by atoms with Crippen LogP contribution in [0.3, 0.4) is 0 Å². The lowest BCUT2D eigenvalue weighted by atomic mass is 10.1. The number of aryl methyl sites for hydroxylation is 2. The zero-order valence-corrected chi connectivity index (χ0v) is 18.0. The molecule has 0 unspecified atom stereocenters. The first-order valence-corrected chi connectivity index (χ1v) is 10.4. The number of aromatic nitrogens is 2. The highest BCUT2D eigenvalue weighted by atomic mass is 16.5. The van der Waals surface area contributed by atoms with Crippen molar-refractivity contribution in [3.63, 3.8) is 0 Å². The molecule has 6 heteroatoms. The molecule has 4 aromatic rings. The van der Waals surface area contributed by atoms with Crippen LogP contribution in [-0.2, 0) is 16.0 Å². The third-order valence-corrected chi connectivity index (χ3v) is 5.23. The lowest BCUT2D eigenvalue weighted by Gasteiger charge is -2.13. The molecule has 0 saturated carbocycles. The molecule has 160 valence electrons. The normalized spacial score (nSPS) is 10.7. The van der Waals surface area contributed by atoms with Crippen LogP contribution in [0.1, 0.15) is 28.4 Å². The van der Waals surface area contributed by atoms with Crippen molar-refractivity contribution in [1.82, 2.24) is 9.97 Å². The monoisotopic (exact) mass is 425 g/mol. The van der Waals surface area contributed by atoms with Crippen LogP contribution in [0.15, 0.2) is 73.1 Å². The summed E-state index contributed by atoms with van der Waals surface area (Å²) in [5.74, 6) is -0.961. The predicted octanol–water partition coefficient (Wildman–Crippen LogP) is 4.96. The number of hydrogen-bond acceptors (Lipinski definition) is 5. The quantitative estimate of drug-likeness (QED) is 0.442. The maximum atomic E-state index is 12.9. The molecular weight excluding hydrogens is 402 g/mol. The molecule has 1 amide bonds. The Balaban J connectivity index is 1.56. The van der Waals surface area contributed by atoms with E-state index >= 15 is 0 Å². The van der Waals surface area contributed by atoms with Gasteiger partial charge in [-0.3, -0.25) is 9.78 Å². The Bertz CT molecular complexity index is 1290. The second kappa shape index (κ2) is 9.39. The molecule has 2 aromatic carbocycles. The van der Waals surface area contributed by atoms with Crippen LogP contribution in [0.25, 0.3) is 22.2 Å². The number of nitrogens with zero attached hydrogens (tertiary/aromatic N) is 2. The van der Waals surface area contributed by atoms with Crippen molar-refractivity contribution >= 4 is 28.5 Å². The third kappa shape index (κ3) is 4.49. The summed E-state index contributed by atoms with van der Waals surface area (Å²) in [6.07, 6.45) is 4.15. The Hall–Kier alpha value is -4.06. The molecule has 0 aliphatic heterocycles. The van der Waals surface area contributed by atoms with Crippen molar-refractivity contribution in [3.8, 4) is 11.3 Å². The van der Waals surface area contributed by atoms with Gasteiger partial charge in [-0.1, -0.05) is 43.3 Å². The lowest BCUT2D eigenvalue weighted by Crippen LogP contribution is -2.22. The third-order valence-electron chi connectivity index (χ3n) is 5.23. The van der Waals surface area contributed by atoms with E-state index in [0.29, 0.717) is 22.2 Å². The summed E-state index contributed by atoms with van der Waals surface area (Å²) in [5, 5.41) is 3.54. The summed E-state index contributed by atoms with van der Waals surface area (Å²) in [4.78, 5) is 34.2. The topological polar surface area (TPSA) is 81.2 Å². The van der Waals surface area contributed by atoms with Crippen LogP contribution in [0, 0.1) is 6.92 Å². The number of rotatable bonds is 6. The number of ether oxygens (including phenoxy) is 1. The molecule has 0 radical (unpaired) electrons. The van der Waals surface area contributed by atoms with Crippen LogP contribution in [-0.4, -0.2) is 28.5 Å². The summed E-state index contributed by atoms with van der Waals surface area (Å²) in [6.45, 7) is 3.58. The molecule has 0 saturated heterocycles. The fourth-order valence-corrected chi connectivity index (χ4v) is 3.59. The van der Waals surface area contributed by atoms with Gasteiger partial charge in [0, 0.05) is 29.0 Å². The van der Waals surface area contributed by atoms with Crippen LogP contribution in [0.4, 0.5) is 5.69 Å². The number of pyridine rings is 2. The molecule has 32 heavy (non-hydrogen) atoms.